The van der Waals surface area contributed by atoms with Crippen LogP contribution in [-0.2, 0) is 4.79 Å². The van der Waals surface area contributed by atoms with Crippen LogP contribution in [0.4, 0.5) is 0 Å². The predicted octanol–water partition coefficient (Wildman–Crippen LogP) is 5.47. The highest BCUT2D eigenvalue weighted by Gasteiger charge is 2.02. The van der Waals surface area contributed by atoms with E-state index in [1.54, 1.807) is 0 Å². The Labute approximate surface area is 153 Å². The number of unbranched alkanes of at least 4 members (excludes halogenated alkanes) is 7. The van der Waals surface area contributed by atoms with Gasteiger partial charge in [0.25, 0.3) is 0 Å². The molecule has 0 aliphatic carbocycles. The molecular formula is C22H33NO2. The molecule has 0 aliphatic rings. The SMILES string of the molecule is C=CCCCCCCCCCOc1ccc(C(C=O)=CN(C)C)cc1. The molecule has 0 spiro atoms. The molecule has 0 radical (unpaired) electrons. The summed E-state index contributed by atoms with van der Waals surface area (Å²) >= 11 is 0. The Kier molecular flexibility index (Phi) is 11.2. The first-order valence-corrected chi connectivity index (χ1v) is 9.35. The normalized spacial score (nSPS) is 11.2. The summed E-state index contributed by atoms with van der Waals surface area (Å²) in [6, 6.07) is 7.73. The third-order valence-corrected chi connectivity index (χ3v) is 4.03. The lowest BCUT2D eigenvalue weighted by atomic mass is 10.1. The Morgan fingerprint density at radius 1 is 1.00 bits per heavy atom. The van der Waals surface area contributed by atoms with E-state index in [0.717, 1.165) is 37.0 Å². The molecule has 138 valence electrons. The van der Waals surface area contributed by atoms with Crippen molar-refractivity contribution >= 4 is 11.9 Å². The quantitative estimate of drug-likeness (QED) is 0.194. The molecule has 1 aromatic carbocycles. The van der Waals surface area contributed by atoms with Crippen molar-refractivity contribution in [3.05, 3.63) is 48.7 Å². The van der Waals surface area contributed by atoms with Gasteiger partial charge in [0.2, 0.25) is 0 Å². The van der Waals surface area contributed by atoms with Gasteiger partial charge in [0.1, 0.15) is 5.75 Å². The zero-order valence-electron chi connectivity index (χ0n) is 15.9. The third-order valence-electron chi connectivity index (χ3n) is 4.03. The fourth-order valence-electron chi connectivity index (χ4n) is 2.66. The van der Waals surface area contributed by atoms with Crippen LogP contribution in [0.3, 0.4) is 0 Å². The Bertz CT molecular complexity index is 517. The molecule has 0 bridgehead atoms. The highest BCUT2D eigenvalue weighted by Crippen LogP contribution is 2.18. The number of rotatable bonds is 14. The Morgan fingerprint density at radius 3 is 2.16 bits per heavy atom. The van der Waals surface area contributed by atoms with E-state index in [0.29, 0.717) is 5.57 Å². The number of ether oxygens (including phenoxy) is 1. The summed E-state index contributed by atoms with van der Waals surface area (Å²) in [7, 11) is 3.81. The van der Waals surface area contributed by atoms with Gasteiger partial charge in [-0.2, -0.15) is 0 Å². The zero-order chi connectivity index (χ0) is 18.3. The third kappa shape index (κ3) is 9.75. The molecule has 0 N–H and O–H groups in total. The Hall–Kier alpha value is -2.03. The molecule has 0 atom stereocenters. The van der Waals surface area contributed by atoms with E-state index in [1.807, 2.05) is 55.5 Å². The second-order valence-electron chi connectivity index (χ2n) is 6.59. The van der Waals surface area contributed by atoms with Gasteiger partial charge in [-0.05, 0) is 37.0 Å². The number of hydrogen-bond acceptors (Lipinski definition) is 3. The van der Waals surface area contributed by atoms with Crippen molar-refractivity contribution < 1.29 is 9.53 Å². The van der Waals surface area contributed by atoms with Crippen molar-refractivity contribution in [2.24, 2.45) is 0 Å². The van der Waals surface area contributed by atoms with Crippen molar-refractivity contribution in [1.82, 2.24) is 4.90 Å². The van der Waals surface area contributed by atoms with E-state index in [2.05, 4.69) is 6.58 Å². The van der Waals surface area contributed by atoms with Crippen LogP contribution < -0.4 is 4.74 Å². The van der Waals surface area contributed by atoms with E-state index < -0.39 is 0 Å². The minimum Gasteiger partial charge on any atom is -0.494 e. The van der Waals surface area contributed by atoms with Gasteiger partial charge in [-0.3, -0.25) is 4.79 Å². The molecule has 0 saturated carbocycles. The summed E-state index contributed by atoms with van der Waals surface area (Å²) in [5, 5.41) is 0. The van der Waals surface area contributed by atoms with Crippen LogP contribution in [0.5, 0.6) is 5.75 Å². The van der Waals surface area contributed by atoms with E-state index in [1.165, 1.54) is 38.5 Å². The fraction of sp³-hybridized carbons (Fsp3) is 0.500. The maximum atomic E-state index is 11.2. The summed E-state index contributed by atoms with van der Waals surface area (Å²) in [5.41, 5.74) is 1.58. The Balaban J connectivity index is 2.19. The molecule has 3 nitrogen and oxygen atoms in total. The lowest BCUT2D eigenvalue weighted by molar-refractivity contribution is -0.103. The van der Waals surface area contributed by atoms with E-state index in [-0.39, 0.29) is 0 Å². The minimum absolute atomic E-state index is 0.671. The highest BCUT2D eigenvalue weighted by atomic mass is 16.5. The number of hydrogen-bond donors (Lipinski definition) is 0. The van der Waals surface area contributed by atoms with Gasteiger partial charge >= 0.3 is 0 Å². The lowest BCUT2D eigenvalue weighted by Crippen LogP contribution is -2.03. The molecule has 1 rings (SSSR count). The van der Waals surface area contributed by atoms with Crippen molar-refractivity contribution in [1.29, 1.82) is 0 Å². The maximum Gasteiger partial charge on any atom is 0.152 e. The average Bonchev–Trinajstić information content (AvgIpc) is 2.61. The standard InChI is InChI=1S/C22H33NO2/c1-4-5-6-7-8-9-10-11-12-17-25-22-15-13-20(14-16-22)21(19-24)18-23(2)3/h4,13-16,18-19H,1,5-12,17H2,2-3H3. The topological polar surface area (TPSA) is 29.5 Å². The molecule has 0 amide bonds. The number of benzene rings is 1. The summed E-state index contributed by atoms with van der Waals surface area (Å²) in [4.78, 5) is 13.0. The Morgan fingerprint density at radius 2 is 1.60 bits per heavy atom. The van der Waals surface area contributed by atoms with Crippen LogP contribution in [0.15, 0.2) is 43.1 Å². The van der Waals surface area contributed by atoms with Crippen LogP contribution in [-0.4, -0.2) is 31.9 Å². The van der Waals surface area contributed by atoms with Gasteiger partial charge in [0.05, 0.1) is 6.61 Å². The van der Waals surface area contributed by atoms with Crippen LogP contribution in [0, 0.1) is 0 Å². The molecule has 1 aromatic rings. The molecule has 0 unspecified atom stereocenters. The molecule has 0 heterocycles. The largest absolute Gasteiger partial charge is 0.494 e. The molecular weight excluding hydrogens is 310 g/mol. The summed E-state index contributed by atoms with van der Waals surface area (Å²) in [6.07, 6.45) is 14.7. The van der Waals surface area contributed by atoms with Crippen LogP contribution in [0.1, 0.15) is 56.9 Å². The van der Waals surface area contributed by atoms with Gasteiger partial charge in [0.15, 0.2) is 6.29 Å². The van der Waals surface area contributed by atoms with Crippen molar-refractivity contribution in [3.63, 3.8) is 0 Å². The molecule has 0 fully saturated rings. The second-order valence-corrected chi connectivity index (χ2v) is 6.59. The molecule has 3 heteroatoms. The number of nitrogens with zero attached hydrogens (tertiary/aromatic N) is 1. The molecule has 0 aliphatic heterocycles. The van der Waals surface area contributed by atoms with Gasteiger partial charge < -0.3 is 9.64 Å². The summed E-state index contributed by atoms with van der Waals surface area (Å²) < 4.78 is 5.79. The maximum absolute atomic E-state index is 11.2. The van der Waals surface area contributed by atoms with Crippen LogP contribution in [0.2, 0.25) is 0 Å². The highest BCUT2D eigenvalue weighted by molar-refractivity contribution is 6.06. The summed E-state index contributed by atoms with van der Waals surface area (Å²) in [6.45, 7) is 4.50. The van der Waals surface area contributed by atoms with Gasteiger partial charge in [-0.15, -0.1) is 6.58 Å². The average molecular weight is 344 g/mol. The number of carbonyl (C=O) groups is 1. The number of allylic oxidation sites excluding steroid dienone is 2. The predicted molar refractivity (Wildman–Crippen MR) is 107 cm³/mol. The van der Waals surface area contributed by atoms with Crippen molar-refractivity contribution in [3.8, 4) is 5.75 Å². The zero-order valence-corrected chi connectivity index (χ0v) is 15.9. The number of aldehydes is 1. The first-order chi connectivity index (χ1) is 12.2. The lowest BCUT2D eigenvalue weighted by Gasteiger charge is -2.09. The summed E-state index contributed by atoms with van der Waals surface area (Å²) in [5.74, 6) is 0.864. The molecule has 0 aromatic heterocycles. The van der Waals surface area contributed by atoms with Crippen molar-refractivity contribution in [2.75, 3.05) is 20.7 Å². The second kappa shape index (κ2) is 13.3. The van der Waals surface area contributed by atoms with Gasteiger partial charge in [-0.1, -0.05) is 50.3 Å². The van der Waals surface area contributed by atoms with E-state index in [9.17, 15) is 4.79 Å². The van der Waals surface area contributed by atoms with Crippen molar-refractivity contribution in [2.45, 2.75) is 51.4 Å². The first-order valence-electron chi connectivity index (χ1n) is 9.35. The van der Waals surface area contributed by atoms with Gasteiger partial charge in [-0.25, -0.2) is 0 Å². The first kappa shape index (κ1) is 21.0. The number of carbonyl (C=O) groups excluding carboxylic acids is 1. The smallest absolute Gasteiger partial charge is 0.152 e. The van der Waals surface area contributed by atoms with Crippen LogP contribution in [0.25, 0.3) is 5.57 Å². The van der Waals surface area contributed by atoms with E-state index in [4.69, 9.17) is 4.74 Å². The minimum atomic E-state index is 0.671. The van der Waals surface area contributed by atoms with E-state index >= 15 is 0 Å². The monoisotopic (exact) mass is 343 g/mol. The molecule has 25 heavy (non-hydrogen) atoms. The molecule has 0 saturated heterocycles. The van der Waals surface area contributed by atoms with Gasteiger partial charge in [0, 0.05) is 25.9 Å². The fourth-order valence-corrected chi connectivity index (χ4v) is 2.66. The van der Waals surface area contributed by atoms with Crippen LogP contribution >= 0.6 is 0 Å².